The van der Waals surface area contributed by atoms with Crippen molar-refractivity contribution in [2.75, 3.05) is 0 Å². The zero-order valence-corrected chi connectivity index (χ0v) is 13.6. The van der Waals surface area contributed by atoms with Gasteiger partial charge in [-0.15, -0.1) is 0 Å². The average Bonchev–Trinajstić information content (AvgIpc) is 2.67. The zero-order valence-electron chi connectivity index (χ0n) is 13.6. The van der Waals surface area contributed by atoms with Crippen LogP contribution in [0.5, 0.6) is 0 Å². The molecule has 1 nitrogen and oxygen atoms in total. The van der Waals surface area contributed by atoms with Crippen LogP contribution in [0, 0.1) is 0 Å². The van der Waals surface area contributed by atoms with Gasteiger partial charge in [0.05, 0.1) is 0 Å². The predicted molar refractivity (Wildman–Crippen MR) is 99.9 cm³/mol. The van der Waals surface area contributed by atoms with E-state index >= 15 is 0 Å². The van der Waals surface area contributed by atoms with Gasteiger partial charge in [0, 0.05) is 12.4 Å². The van der Waals surface area contributed by atoms with Crippen molar-refractivity contribution in [3.05, 3.63) is 83.2 Å². The molecular formula is C23H19N. The summed E-state index contributed by atoms with van der Waals surface area (Å²) in [7, 11) is 0. The lowest BCUT2D eigenvalue weighted by atomic mass is 9.78. The molecule has 0 saturated carbocycles. The molecule has 0 radical (unpaired) electrons. The van der Waals surface area contributed by atoms with Crippen molar-refractivity contribution in [1.29, 1.82) is 0 Å². The molecular weight excluding hydrogens is 290 g/mol. The minimum absolute atomic E-state index is 1.13. The van der Waals surface area contributed by atoms with Crippen LogP contribution >= 0.6 is 0 Å². The Hall–Kier alpha value is -2.67. The minimum Gasteiger partial charge on any atom is -0.265 e. The summed E-state index contributed by atoms with van der Waals surface area (Å²) < 4.78 is 0. The quantitative estimate of drug-likeness (QED) is 0.580. The molecule has 1 aromatic heterocycles. The first-order valence-electron chi connectivity index (χ1n) is 8.76. The first-order chi connectivity index (χ1) is 11.9. The van der Waals surface area contributed by atoms with Crippen molar-refractivity contribution in [3.63, 3.8) is 0 Å². The van der Waals surface area contributed by atoms with Gasteiger partial charge in [0.2, 0.25) is 0 Å². The molecule has 1 heterocycles. The fourth-order valence-corrected chi connectivity index (χ4v) is 4.30. The van der Waals surface area contributed by atoms with Gasteiger partial charge in [-0.25, -0.2) is 0 Å². The number of allylic oxidation sites excluding steroid dienone is 1. The maximum absolute atomic E-state index is 4.16. The summed E-state index contributed by atoms with van der Waals surface area (Å²) in [6.45, 7) is 0. The summed E-state index contributed by atoms with van der Waals surface area (Å²) in [5.74, 6) is 0. The third kappa shape index (κ3) is 2.05. The number of nitrogens with zero attached hydrogens (tertiary/aromatic N) is 1. The van der Waals surface area contributed by atoms with Gasteiger partial charge in [0.15, 0.2) is 0 Å². The number of hydrogen-bond acceptors (Lipinski definition) is 1. The third-order valence-electron chi connectivity index (χ3n) is 5.41. The van der Waals surface area contributed by atoms with Crippen LogP contribution in [0.1, 0.15) is 28.7 Å². The maximum Gasteiger partial charge on any atom is 0.0273 e. The van der Waals surface area contributed by atoms with Crippen LogP contribution in [0.25, 0.3) is 28.3 Å². The Morgan fingerprint density at radius 3 is 2.38 bits per heavy atom. The van der Waals surface area contributed by atoms with E-state index in [-0.39, 0.29) is 0 Å². The number of hydrogen-bond donors (Lipinski definition) is 0. The van der Waals surface area contributed by atoms with Gasteiger partial charge in [-0.3, -0.25) is 4.98 Å². The fourth-order valence-electron chi connectivity index (χ4n) is 4.30. The Kier molecular flexibility index (Phi) is 3.12. The third-order valence-corrected chi connectivity index (χ3v) is 5.41. The molecule has 0 N–H and O–H groups in total. The SMILES string of the molecule is C1=Cc2ccc3c(c2CC1)CCc1c(-c2ccncc2)cccc1-3. The second-order valence-electron chi connectivity index (χ2n) is 6.67. The van der Waals surface area contributed by atoms with Crippen LogP contribution in [-0.2, 0) is 19.3 Å². The van der Waals surface area contributed by atoms with E-state index < -0.39 is 0 Å². The summed E-state index contributed by atoms with van der Waals surface area (Å²) in [6.07, 6.45) is 13.0. The Bertz CT molecular complexity index is 951. The Morgan fingerprint density at radius 2 is 1.46 bits per heavy atom. The largest absolute Gasteiger partial charge is 0.265 e. The Labute approximate surface area is 142 Å². The van der Waals surface area contributed by atoms with E-state index in [9.17, 15) is 0 Å². The molecule has 116 valence electrons. The first-order valence-corrected chi connectivity index (χ1v) is 8.76. The van der Waals surface area contributed by atoms with E-state index in [0.29, 0.717) is 0 Å². The van der Waals surface area contributed by atoms with Crippen molar-refractivity contribution in [3.8, 4) is 22.3 Å². The number of aromatic nitrogens is 1. The highest BCUT2D eigenvalue weighted by Gasteiger charge is 2.22. The van der Waals surface area contributed by atoms with Crippen molar-refractivity contribution in [2.24, 2.45) is 0 Å². The molecule has 2 aliphatic carbocycles. The van der Waals surface area contributed by atoms with Crippen molar-refractivity contribution in [1.82, 2.24) is 4.98 Å². The number of pyridine rings is 1. The highest BCUT2D eigenvalue weighted by atomic mass is 14.6. The molecule has 0 bridgehead atoms. The molecule has 0 saturated heterocycles. The lowest BCUT2D eigenvalue weighted by Gasteiger charge is -2.27. The van der Waals surface area contributed by atoms with Gasteiger partial charge >= 0.3 is 0 Å². The fraction of sp³-hybridized carbons (Fsp3) is 0.174. The predicted octanol–water partition coefficient (Wildman–Crippen LogP) is 5.47. The van der Waals surface area contributed by atoms with Crippen LogP contribution in [0.3, 0.4) is 0 Å². The molecule has 0 aliphatic heterocycles. The monoisotopic (exact) mass is 309 g/mol. The standard InChI is InChI=1S/C23H19N/c1-2-5-18-16(4-1)8-9-23-20-7-3-6-19(17-12-14-24-15-13-17)21(20)10-11-22(18)23/h1,3-4,6-9,12-15H,2,5,10-11H2. The van der Waals surface area contributed by atoms with E-state index in [1.165, 1.54) is 46.2 Å². The van der Waals surface area contributed by atoms with E-state index in [2.05, 4.69) is 59.6 Å². The van der Waals surface area contributed by atoms with E-state index in [1.54, 1.807) is 11.1 Å². The molecule has 0 unspecified atom stereocenters. The average molecular weight is 309 g/mol. The van der Waals surface area contributed by atoms with Gasteiger partial charge in [-0.05, 0) is 82.3 Å². The molecule has 24 heavy (non-hydrogen) atoms. The highest BCUT2D eigenvalue weighted by molar-refractivity contribution is 5.83. The summed E-state index contributed by atoms with van der Waals surface area (Å²) in [5, 5.41) is 0. The molecule has 1 heteroatoms. The van der Waals surface area contributed by atoms with Gasteiger partial charge in [0.1, 0.15) is 0 Å². The van der Waals surface area contributed by atoms with E-state index in [0.717, 1.165) is 12.8 Å². The van der Waals surface area contributed by atoms with Crippen LogP contribution < -0.4 is 0 Å². The van der Waals surface area contributed by atoms with Gasteiger partial charge in [-0.1, -0.05) is 42.5 Å². The van der Waals surface area contributed by atoms with Crippen LogP contribution in [0.15, 0.2) is 60.9 Å². The van der Waals surface area contributed by atoms with Crippen LogP contribution in [-0.4, -0.2) is 4.98 Å². The van der Waals surface area contributed by atoms with Crippen molar-refractivity contribution >= 4 is 6.08 Å². The Morgan fingerprint density at radius 1 is 0.667 bits per heavy atom. The Balaban J connectivity index is 1.72. The molecule has 3 aromatic rings. The maximum atomic E-state index is 4.16. The van der Waals surface area contributed by atoms with Crippen LogP contribution in [0.2, 0.25) is 0 Å². The molecule has 0 fully saturated rings. The molecule has 0 amide bonds. The van der Waals surface area contributed by atoms with Crippen LogP contribution in [0.4, 0.5) is 0 Å². The molecule has 5 rings (SSSR count). The second kappa shape index (κ2) is 5.45. The number of fused-ring (bicyclic) bond motifs is 5. The topological polar surface area (TPSA) is 12.9 Å². The molecule has 2 aromatic carbocycles. The summed E-state index contributed by atoms with van der Waals surface area (Å²) in [4.78, 5) is 4.16. The van der Waals surface area contributed by atoms with E-state index in [1.807, 2.05) is 12.4 Å². The second-order valence-corrected chi connectivity index (χ2v) is 6.67. The first kappa shape index (κ1) is 13.7. The van der Waals surface area contributed by atoms with Crippen molar-refractivity contribution < 1.29 is 0 Å². The normalized spacial score (nSPS) is 14.7. The van der Waals surface area contributed by atoms with Gasteiger partial charge < -0.3 is 0 Å². The summed E-state index contributed by atoms with van der Waals surface area (Å²) >= 11 is 0. The van der Waals surface area contributed by atoms with E-state index in [4.69, 9.17) is 0 Å². The lowest BCUT2D eigenvalue weighted by Crippen LogP contribution is -2.10. The highest BCUT2D eigenvalue weighted by Crippen LogP contribution is 2.41. The van der Waals surface area contributed by atoms with Gasteiger partial charge in [-0.2, -0.15) is 0 Å². The molecule has 2 aliphatic rings. The summed E-state index contributed by atoms with van der Waals surface area (Å²) in [6, 6.07) is 15.6. The smallest absolute Gasteiger partial charge is 0.0273 e. The lowest BCUT2D eigenvalue weighted by molar-refractivity contribution is 0.888. The zero-order chi connectivity index (χ0) is 15.9. The number of benzene rings is 2. The molecule has 0 atom stereocenters. The number of rotatable bonds is 1. The molecule has 0 spiro atoms. The van der Waals surface area contributed by atoms with Crippen molar-refractivity contribution in [2.45, 2.75) is 25.7 Å². The minimum atomic E-state index is 1.13. The van der Waals surface area contributed by atoms with Gasteiger partial charge in [0.25, 0.3) is 0 Å². The summed E-state index contributed by atoms with van der Waals surface area (Å²) in [5.41, 5.74) is 11.6.